The number of aryl methyl sites for hydroxylation is 1. The molecule has 0 aliphatic rings. The van der Waals surface area contributed by atoms with E-state index in [1.807, 2.05) is 43.3 Å². The molecule has 32 heavy (non-hydrogen) atoms. The summed E-state index contributed by atoms with van der Waals surface area (Å²) in [5.41, 5.74) is 5.28. The van der Waals surface area contributed by atoms with Crippen LogP contribution in [0.5, 0.6) is 0 Å². The minimum absolute atomic E-state index is 0.0288. The van der Waals surface area contributed by atoms with E-state index in [0.29, 0.717) is 18.0 Å². The van der Waals surface area contributed by atoms with Crippen LogP contribution in [0, 0.1) is 17.0 Å². The Bertz CT molecular complexity index is 1460. The normalized spacial score (nSPS) is 11.3. The molecule has 7 nitrogen and oxygen atoms in total. The fraction of sp³-hybridized carbons (Fsp3) is 0.125. The number of rotatable bonds is 5. The van der Waals surface area contributed by atoms with Crippen LogP contribution < -0.4 is 0 Å². The first kappa shape index (κ1) is 20.2. The first-order chi connectivity index (χ1) is 15.5. The minimum atomic E-state index is -0.416. The Morgan fingerprint density at radius 2 is 1.75 bits per heavy atom. The van der Waals surface area contributed by atoms with Crippen LogP contribution in [-0.4, -0.2) is 27.0 Å². The molecule has 0 unspecified atom stereocenters. The van der Waals surface area contributed by atoms with Gasteiger partial charge in [-0.05, 0) is 30.7 Å². The number of nitro benzene ring substituents is 1. The zero-order valence-corrected chi connectivity index (χ0v) is 18.2. The van der Waals surface area contributed by atoms with Gasteiger partial charge < -0.3 is 4.74 Å². The largest absolute Gasteiger partial charge is 0.380 e. The van der Waals surface area contributed by atoms with E-state index < -0.39 is 4.92 Å². The summed E-state index contributed by atoms with van der Waals surface area (Å²) in [7, 11) is 1.67. The second-order valence-electron chi connectivity index (χ2n) is 7.38. The predicted molar refractivity (Wildman–Crippen MR) is 126 cm³/mol. The van der Waals surface area contributed by atoms with Gasteiger partial charge in [0.05, 0.1) is 27.4 Å². The minimum Gasteiger partial charge on any atom is -0.380 e. The maximum absolute atomic E-state index is 11.1. The fourth-order valence-electron chi connectivity index (χ4n) is 3.77. The maximum Gasteiger partial charge on any atom is 0.269 e. The molecule has 0 spiro atoms. The Balaban J connectivity index is 1.84. The molecule has 5 rings (SSSR count). The standard InChI is InChI=1S/C24H18N4O3S/c1-14-12-17(13-31-2)19-21-22(32-24(19)25-14)20(15-6-4-3-5-7-15)26-23(27-21)16-8-10-18(11-9-16)28(29)30/h3-12H,13H2,1-2H3. The van der Waals surface area contributed by atoms with Crippen LogP contribution in [0.3, 0.4) is 0 Å². The fourth-order valence-corrected chi connectivity index (χ4v) is 4.99. The molecule has 0 aliphatic carbocycles. The summed E-state index contributed by atoms with van der Waals surface area (Å²) in [6.07, 6.45) is 0. The molecule has 0 radical (unpaired) electrons. The number of methoxy groups -OCH3 is 1. The highest BCUT2D eigenvalue weighted by atomic mass is 32.1. The third-order valence-corrected chi connectivity index (χ3v) is 6.26. The van der Waals surface area contributed by atoms with Crippen molar-refractivity contribution < 1.29 is 9.66 Å². The Morgan fingerprint density at radius 3 is 2.44 bits per heavy atom. The van der Waals surface area contributed by atoms with Crippen LogP contribution in [0.2, 0.25) is 0 Å². The molecule has 3 aromatic heterocycles. The highest BCUT2D eigenvalue weighted by molar-refractivity contribution is 7.25. The number of nitrogens with zero attached hydrogens (tertiary/aromatic N) is 4. The van der Waals surface area contributed by atoms with Gasteiger partial charge in [-0.1, -0.05) is 30.3 Å². The molecule has 2 aromatic carbocycles. The molecule has 0 bridgehead atoms. The lowest BCUT2D eigenvalue weighted by molar-refractivity contribution is -0.384. The van der Waals surface area contributed by atoms with Crippen LogP contribution in [0.25, 0.3) is 43.1 Å². The summed E-state index contributed by atoms with van der Waals surface area (Å²) < 4.78 is 6.40. The van der Waals surface area contributed by atoms with Crippen LogP contribution in [0.4, 0.5) is 5.69 Å². The van der Waals surface area contributed by atoms with Crippen molar-refractivity contribution in [3.05, 3.63) is 82.0 Å². The summed E-state index contributed by atoms with van der Waals surface area (Å²) in [5, 5.41) is 12.0. The van der Waals surface area contributed by atoms with E-state index in [9.17, 15) is 10.1 Å². The van der Waals surface area contributed by atoms with Crippen molar-refractivity contribution in [2.24, 2.45) is 0 Å². The molecule has 3 heterocycles. The Kier molecular flexibility index (Phi) is 5.08. The lowest BCUT2D eigenvalue weighted by Crippen LogP contribution is -1.96. The Hall–Kier alpha value is -3.75. The molecule has 0 N–H and O–H groups in total. The van der Waals surface area contributed by atoms with Crippen molar-refractivity contribution in [1.29, 1.82) is 0 Å². The van der Waals surface area contributed by atoms with Crippen LogP contribution in [0.15, 0.2) is 60.7 Å². The van der Waals surface area contributed by atoms with Crippen molar-refractivity contribution >= 4 is 37.5 Å². The first-order valence-electron chi connectivity index (χ1n) is 9.95. The number of aromatic nitrogens is 3. The van der Waals surface area contributed by atoms with Crippen molar-refractivity contribution in [2.45, 2.75) is 13.5 Å². The second kappa shape index (κ2) is 8.07. The molecule has 0 aliphatic heterocycles. The Labute approximate surface area is 187 Å². The number of nitro groups is 1. The van der Waals surface area contributed by atoms with Gasteiger partial charge in [0.2, 0.25) is 0 Å². The molecular weight excluding hydrogens is 424 g/mol. The van der Waals surface area contributed by atoms with Crippen molar-refractivity contribution in [1.82, 2.24) is 15.0 Å². The van der Waals surface area contributed by atoms with Gasteiger partial charge in [0.15, 0.2) is 5.82 Å². The van der Waals surface area contributed by atoms with Crippen molar-refractivity contribution in [2.75, 3.05) is 7.11 Å². The quantitative estimate of drug-likeness (QED) is 0.247. The van der Waals surface area contributed by atoms with E-state index >= 15 is 0 Å². The van der Waals surface area contributed by atoms with Gasteiger partial charge in [-0.15, -0.1) is 11.3 Å². The van der Waals surface area contributed by atoms with E-state index in [4.69, 9.17) is 19.7 Å². The first-order valence-corrected chi connectivity index (χ1v) is 10.8. The molecule has 0 atom stereocenters. The number of non-ortho nitro benzene ring substituents is 1. The summed E-state index contributed by atoms with van der Waals surface area (Å²) in [5.74, 6) is 0.509. The van der Waals surface area contributed by atoms with Crippen LogP contribution in [-0.2, 0) is 11.3 Å². The summed E-state index contributed by atoms with van der Waals surface area (Å²) in [6.45, 7) is 2.41. The number of thiophene rings is 1. The van der Waals surface area contributed by atoms with E-state index in [2.05, 4.69) is 0 Å². The average Bonchev–Trinajstić information content (AvgIpc) is 3.17. The molecule has 0 amide bonds. The smallest absolute Gasteiger partial charge is 0.269 e. The molecule has 5 aromatic rings. The van der Waals surface area contributed by atoms with Crippen LogP contribution >= 0.6 is 11.3 Å². The number of benzene rings is 2. The number of pyridine rings is 1. The van der Waals surface area contributed by atoms with Gasteiger partial charge >= 0.3 is 0 Å². The topological polar surface area (TPSA) is 91.0 Å². The van der Waals surface area contributed by atoms with E-state index in [1.54, 1.807) is 30.6 Å². The van der Waals surface area contributed by atoms with Crippen LogP contribution in [0.1, 0.15) is 11.3 Å². The summed E-state index contributed by atoms with van der Waals surface area (Å²) in [4.78, 5) is 26.1. The van der Waals surface area contributed by atoms with E-state index in [0.717, 1.165) is 42.9 Å². The molecule has 158 valence electrons. The number of fused-ring (bicyclic) bond motifs is 3. The summed E-state index contributed by atoms with van der Waals surface area (Å²) in [6, 6.07) is 18.3. The van der Waals surface area contributed by atoms with Gasteiger partial charge in [0.25, 0.3) is 5.69 Å². The highest BCUT2D eigenvalue weighted by Crippen LogP contribution is 2.40. The van der Waals surface area contributed by atoms with Gasteiger partial charge in [0.1, 0.15) is 4.83 Å². The molecule has 0 fully saturated rings. The number of hydrogen-bond acceptors (Lipinski definition) is 7. The summed E-state index contributed by atoms with van der Waals surface area (Å²) >= 11 is 1.57. The van der Waals surface area contributed by atoms with Gasteiger partial charge in [-0.3, -0.25) is 10.1 Å². The zero-order chi connectivity index (χ0) is 22.2. The molecule has 0 saturated heterocycles. The average molecular weight is 443 g/mol. The second-order valence-corrected chi connectivity index (χ2v) is 8.38. The Morgan fingerprint density at radius 1 is 1.00 bits per heavy atom. The maximum atomic E-state index is 11.1. The van der Waals surface area contributed by atoms with Gasteiger partial charge in [-0.2, -0.15) is 0 Å². The van der Waals surface area contributed by atoms with Crippen molar-refractivity contribution in [3.8, 4) is 22.6 Å². The monoisotopic (exact) mass is 442 g/mol. The molecule has 8 heteroatoms. The van der Waals surface area contributed by atoms with Gasteiger partial charge in [-0.25, -0.2) is 15.0 Å². The lowest BCUT2D eigenvalue weighted by atomic mass is 10.1. The third-order valence-electron chi connectivity index (χ3n) is 5.18. The number of hydrogen-bond donors (Lipinski definition) is 0. The highest BCUT2D eigenvalue weighted by Gasteiger charge is 2.20. The van der Waals surface area contributed by atoms with Gasteiger partial charge in [0, 0.05) is 41.4 Å². The van der Waals surface area contributed by atoms with E-state index in [1.165, 1.54) is 12.1 Å². The zero-order valence-electron chi connectivity index (χ0n) is 17.4. The molecular formula is C24H18N4O3S. The van der Waals surface area contributed by atoms with E-state index in [-0.39, 0.29) is 5.69 Å². The number of ether oxygens (including phenoxy) is 1. The molecule has 0 saturated carbocycles. The lowest BCUT2D eigenvalue weighted by Gasteiger charge is -2.08. The predicted octanol–water partition coefficient (Wildman–Crippen LogP) is 5.94. The third kappa shape index (κ3) is 3.49. The SMILES string of the molecule is COCc1cc(C)nc2sc3c(-c4ccccc4)nc(-c4ccc([N+](=O)[O-])cc4)nc3c12. The van der Waals surface area contributed by atoms with Crippen molar-refractivity contribution in [3.63, 3.8) is 0 Å².